The van der Waals surface area contributed by atoms with Gasteiger partial charge in [-0.2, -0.15) is 0 Å². The molecule has 2 unspecified atom stereocenters. The lowest BCUT2D eigenvalue weighted by molar-refractivity contribution is -0.124. The summed E-state index contributed by atoms with van der Waals surface area (Å²) in [4.78, 5) is 23.3. The predicted molar refractivity (Wildman–Crippen MR) is 82.1 cm³/mol. The Morgan fingerprint density at radius 3 is 1.90 bits per heavy atom. The second kappa shape index (κ2) is 8.82. The third kappa shape index (κ3) is 6.26. The lowest BCUT2D eigenvalue weighted by atomic mass is 9.85. The van der Waals surface area contributed by atoms with Crippen molar-refractivity contribution in [2.24, 2.45) is 29.4 Å². The summed E-state index contributed by atoms with van der Waals surface area (Å²) in [7, 11) is 0. The number of rotatable bonds is 8. The molecule has 0 aromatic heterocycles. The first-order valence-corrected chi connectivity index (χ1v) is 7.54. The van der Waals surface area contributed by atoms with Crippen LogP contribution in [0.3, 0.4) is 0 Å². The van der Waals surface area contributed by atoms with Gasteiger partial charge in [-0.1, -0.05) is 48.0 Å². The Morgan fingerprint density at radius 1 is 1.05 bits per heavy atom. The predicted octanol–water partition coefficient (Wildman–Crippen LogP) is 2.11. The average molecular weight is 285 g/mol. The fourth-order valence-corrected chi connectivity index (χ4v) is 2.42. The Balaban J connectivity index is 4.63. The third-order valence-corrected chi connectivity index (χ3v) is 4.02. The molecule has 4 N–H and O–H groups in total. The summed E-state index contributed by atoms with van der Waals surface area (Å²) in [6.07, 6.45) is 0.802. The monoisotopic (exact) mass is 285 g/mol. The molecule has 0 rings (SSSR count). The second-order valence-corrected chi connectivity index (χ2v) is 6.27. The van der Waals surface area contributed by atoms with Crippen molar-refractivity contribution in [3.05, 3.63) is 0 Å². The van der Waals surface area contributed by atoms with Gasteiger partial charge in [0, 0.05) is 6.54 Å². The van der Waals surface area contributed by atoms with Gasteiger partial charge in [-0.05, 0) is 23.7 Å². The fourth-order valence-electron chi connectivity index (χ4n) is 2.42. The number of nitrogens with one attached hydrogen (secondary N) is 2. The molecule has 0 aromatic carbocycles. The van der Waals surface area contributed by atoms with Crippen LogP contribution in [-0.2, 0) is 4.79 Å². The van der Waals surface area contributed by atoms with Crippen molar-refractivity contribution in [2.75, 3.05) is 6.54 Å². The quantitative estimate of drug-likeness (QED) is 0.638. The van der Waals surface area contributed by atoms with Gasteiger partial charge in [-0.25, -0.2) is 4.79 Å². The lowest BCUT2D eigenvalue weighted by Gasteiger charge is -2.27. The molecule has 0 aliphatic carbocycles. The molecule has 2 atom stereocenters. The fraction of sp³-hybridized carbons (Fsp3) is 0.867. The molecule has 0 aromatic rings. The Kier molecular flexibility index (Phi) is 8.26. The minimum absolute atomic E-state index is 0.0547. The molecule has 0 aliphatic rings. The van der Waals surface area contributed by atoms with Gasteiger partial charge < -0.3 is 16.4 Å². The van der Waals surface area contributed by atoms with E-state index in [0.717, 1.165) is 6.42 Å². The van der Waals surface area contributed by atoms with Crippen LogP contribution in [-0.4, -0.2) is 24.5 Å². The number of urea groups is 1. The average Bonchev–Trinajstić information content (AvgIpc) is 2.33. The molecule has 5 nitrogen and oxygen atoms in total. The maximum absolute atomic E-state index is 12.2. The van der Waals surface area contributed by atoms with Gasteiger partial charge in [0.1, 0.15) is 6.04 Å². The number of hydrogen-bond acceptors (Lipinski definition) is 2. The molecule has 3 amide bonds. The van der Waals surface area contributed by atoms with E-state index in [1.807, 2.05) is 13.8 Å². The normalized spacial score (nSPS) is 14.4. The lowest BCUT2D eigenvalue weighted by Crippen LogP contribution is -2.52. The number of carbonyl (C=O) groups excluding carboxylic acids is 2. The summed E-state index contributed by atoms with van der Waals surface area (Å²) in [5, 5.41) is 5.50. The zero-order valence-electron chi connectivity index (χ0n) is 13.7. The van der Waals surface area contributed by atoms with E-state index in [1.54, 1.807) is 0 Å². The summed E-state index contributed by atoms with van der Waals surface area (Å²) in [5.41, 5.74) is 5.15. The highest BCUT2D eigenvalue weighted by Gasteiger charge is 2.26. The highest BCUT2D eigenvalue weighted by molar-refractivity contribution is 5.86. The van der Waals surface area contributed by atoms with E-state index in [2.05, 4.69) is 38.3 Å². The standard InChI is InChI=1S/C15H31N3O2/c1-7-11(6)13(18-15(16)20)14(19)17-8-12(9(2)3)10(4)5/h9-13H,7-8H2,1-6H3,(H,17,19)(H3,16,18,20). The van der Waals surface area contributed by atoms with E-state index in [0.29, 0.717) is 24.3 Å². The summed E-state index contributed by atoms with van der Waals surface area (Å²) in [6, 6.07) is -1.22. The van der Waals surface area contributed by atoms with Gasteiger partial charge in [0.25, 0.3) is 0 Å². The van der Waals surface area contributed by atoms with E-state index in [4.69, 9.17) is 5.73 Å². The molecule has 0 fully saturated rings. The molecule has 0 bridgehead atoms. The highest BCUT2D eigenvalue weighted by Crippen LogP contribution is 2.19. The number of primary amides is 1. The van der Waals surface area contributed by atoms with Crippen molar-refractivity contribution in [1.82, 2.24) is 10.6 Å². The van der Waals surface area contributed by atoms with Gasteiger partial charge in [0.2, 0.25) is 5.91 Å². The molecule has 0 aliphatic heterocycles. The van der Waals surface area contributed by atoms with Gasteiger partial charge in [0.15, 0.2) is 0 Å². The minimum Gasteiger partial charge on any atom is -0.354 e. The third-order valence-electron chi connectivity index (χ3n) is 4.02. The number of hydrogen-bond donors (Lipinski definition) is 3. The first kappa shape index (κ1) is 18.7. The first-order chi connectivity index (χ1) is 9.20. The van der Waals surface area contributed by atoms with E-state index in [9.17, 15) is 9.59 Å². The Hall–Kier alpha value is -1.26. The van der Waals surface area contributed by atoms with Gasteiger partial charge in [-0.15, -0.1) is 0 Å². The van der Waals surface area contributed by atoms with Gasteiger partial charge >= 0.3 is 6.03 Å². The van der Waals surface area contributed by atoms with Crippen LogP contribution in [0.1, 0.15) is 48.0 Å². The maximum Gasteiger partial charge on any atom is 0.312 e. The van der Waals surface area contributed by atoms with Crippen molar-refractivity contribution in [3.8, 4) is 0 Å². The van der Waals surface area contributed by atoms with E-state index in [1.165, 1.54) is 0 Å². The van der Waals surface area contributed by atoms with Crippen molar-refractivity contribution in [2.45, 2.75) is 54.0 Å². The zero-order chi connectivity index (χ0) is 15.9. The van der Waals surface area contributed by atoms with Crippen LogP contribution in [0.15, 0.2) is 0 Å². The molecule has 5 heteroatoms. The Bertz CT molecular complexity index is 308. The second-order valence-electron chi connectivity index (χ2n) is 6.27. The summed E-state index contributed by atoms with van der Waals surface area (Å²) in [6.45, 7) is 13.2. The van der Waals surface area contributed by atoms with Gasteiger partial charge in [0.05, 0.1) is 0 Å². The number of nitrogens with two attached hydrogens (primary N) is 1. The Morgan fingerprint density at radius 2 is 1.55 bits per heavy atom. The number of carbonyl (C=O) groups is 2. The zero-order valence-corrected chi connectivity index (χ0v) is 13.7. The van der Waals surface area contributed by atoms with E-state index < -0.39 is 12.1 Å². The van der Waals surface area contributed by atoms with Crippen LogP contribution in [0.4, 0.5) is 4.79 Å². The Labute approximate surface area is 123 Å². The van der Waals surface area contributed by atoms with Crippen molar-refractivity contribution in [3.63, 3.8) is 0 Å². The topological polar surface area (TPSA) is 84.2 Å². The molecule has 20 heavy (non-hydrogen) atoms. The van der Waals surface area contributed by atoms with Crippen molar-refractivity contribution >= 4 is 11.9 Å². The summed E-state index contributed by atoms with van der Waals surface area (Å²) >= 11 is 0. The molecule has 0 saturated heterocycles. The van der Waals surface area contributed by atoms with Crippen LogP contribution in [0, 0.1) is 23.7 Å². The van der Waals surface area contributed by atoms with Crippen molar-refractivity contribution < 1.29 is 9.59 Å². The minimum atomic E-state index is -0.658. The molecule has 0 spiro atoms. The van der Waals surface area contributed by atoms with Crippen LogP contribution < -0.4 is 16.4 Å². The van der Waals surface area contributed by atoms with E-state index in [-0.39, 0.29) is 11.8 Å². The summed E-state index contributed by atoms with van der Waals surface area (Å²) < 4.78 is 0. The van der Waals surface area contributed by atoms with E-state index >= 15 is 0 Å². The highest BCUT2D eigenvalue weighted by atomic mass is 16.2. The SMILES string of the molecule is CCC(C)C(NC(N)=O)C(=O)NCC(C(C)C)C(C)C. The largest absolute Gasteiger partial charge is 0.354 e. The number of amides is 3. The first-order valence-electron chi connectivity index (χ1n) is 7.54. The van der Waals surface area contributed by atoms with Crippen LogP contribution in [0.5, 0.6) is 0 Å². The van der Waals surface area contributed by atoms with Gasteiger partial charge in [-0.3, -0.25) is 4.79 Å². The molecule has 0 saturated carbocycles. The summed E-state index contributed by atoms with van der Waals surface area (Å²) in [5.74, 6) is 1.33. The molecule has 118 valence electrons. The molecule has 0 heterocycles. The maximum atomic E-state index is 12.2. The van der Waals surface area contributed by atoms with Crippen molar-refractivity contribution in [1.29, 1.82) is 0 Å². The van der Waals surface area contributed by atoms with Crippen LogP contribution in [0.2, 0.25) is 0 Å². The molecular formula is C15H31N3O2. The van der Waals surface area contributed by atoms with Crippen LogP contribution in [0.25, 0.3) is 0 Å². The van der Waals surface area contributed by atoms with Crippen LogP contribution >= 0.6 is 0 Å². The smallest absolute Gasteiger partial charge is 0.312 e. The molecular weight excluding hydrogens is 254 g/mol. The molecule has 0 radical (unpaired) electrons.